The molecule has 2 heterocycles. The third kappa shape index (κ3) is 7.20. The molecule has 0 bridgehead atoms. The van der Waals surface area contributed by atoms with E-state index >= 15 is 0 Å². The molecule has 5 rings (SSSR count). The van der Waals surface area contributed by atoms with Crippen molar-refractivity contribution in [3.8, 4) is 5.75 Å². The van der Waals surface area contributed by atoms with Gasteiger partial charge in [-0.3, -0.25) is 9.97 Å². The van der Waals surface area contributed by atoms with Crippen molar-refractivity contribution in [3.63, 3.8) is 0 Å². The zero-order valence-electron chi connectivity index (χ0n) is 22.9. The van der Waals surface area contributed by atoms with Crippen LogP contribution in [0.2, 0.25) is 23.2 Å². The van der Waals surface area contributed by atoms with Gasteiger partial charge in [-0.1, -0.05) is 70.3 Å². The van der Waals surface area contributed by atoms with Crippen LogP contribution in [0, 0.1) is 6.92 Å². The first-order chi connectivity index (χ1) is 18.3. The molecule has 0 radical (unpaired) electrons. The van der Waals surface area contributed by atoms with Crippen molar-refractivity contribution in [3.05, 3.63) is 98.7 Å². The Morgan fingerprint density at radius 1 is 0.769 bits per heavy atom. The summed E-state index contributed by atoms with van der Waals surface area (Å²) in [6.45, 7) is 13.4. The predicted octanol–water partition coefficient (Wildman–Crippen LogP) is 11.1. The molecular weight excluding hydrogens is 654 g/mol. The van der Waals surface area contributed by atoms with Crippen molar-refractivity contribution < 1.29 is 4.43 Å². The van der Waals surface area contributed by atoms with E-state index in [1.54, 1.807) is 12.3 Å². The van der Waals surface area contributed by atoms with E-state index < -0.39 is 8.32 Å². The van der Waals surface area contributed by atoms with Gasteiger partial charge in [0.1, 0.15) is 5.75 Å². The van der Waals surface area contributed by atoms with Crippen LogP contribution in [0.15, 0.2) is 88.1 Å². The maximum absolute atomic E-state index is 6.49. The number of fused-ring (bicyclic) bond motifs is 2. The number of nitrogens with one attached hydrogen (secondary N) is 1. The lowest BCUT2D eigenvalue weighted by molar-refractivity contribution is 0.492. The molecular formula is C31H32Br2ClN3OSi. The van der Waals surface area contributed by atoms with E-state index in [1.165, 1.54) is 5.56 Å². The molecule has 3 aromatic carbocycles. The summed E-state index contributed by atoms with van der Waals surface area (Å²) in [6.07, 6.45) is 3.54. The van der Waals surface area contributed by atoms with Crippen molar-refractivity contribution in [2.24, 2.45) is 0 Å². The summed E-state index contributed by atoms with van der Waals surface area (Å²) in [6, 6.07) is 22.1. The van der Waals surface area contributed by atoms with Crippen molar-refractivity contribution >= 4 is 85.0 Å². The Morgan fingerprint density at radius 3 is 2.00 bits per heavy atom. The van der Waals surface area contributed by atoms with Crippen molar-refractivity contribution in [2.75, 3.05) is 5.32 Å². The molecule has 0 aliphatic carbocycles. The quantitative estimate of drug-likeness (QED) is 0.191. The Balaban J connectivity index is 0.000000243. The number of nitrogens with zero attached hydrogens (tertiary/aromatic N) is 2. The number of hydrogen-bond donors (Lipinski definition) is 1. The second kappa shape index (κ2) is 12.0. The van der Waals surface area contributed by atoms with Crippen LogP contribution in [0.3, 0.4) is 0 Å². The van der Waals surface area contributed by atoms with Crippen molar-refractivity contribution in [1.82, 2.24) is 9.97 Å². The third-order valence-electron chi connectivity index (χ3n) is 7.01. The first-order valence-electron chi connectivity index (χ1n) is 12.6. The van der Waals surface area contributed by atoms with Crippen LogP contribution in [-0.4, -0.2) is 18.3 Å². The lowest BCUT2D eigenvalue weighted by Gasteiger charge is -2.36. The first kappa shape index (κ1) is 29.5. The molecule has 0 saturated heterocycles. The Morgan fingerprint density at radius 2 is 1.36 bits per heavy atom. The van der Waals surface area contributed by atoms with Gasteiger partial charge in [0.05, 0.1) is 16.1 Å². The molecule has 0 spiro atoms. The van der Waals surface area contributed by atoms with Gasteiger partial charge in [0.2, 0.25) is 8.32 Å². The van der Waals surface area contributed by atoms with E-state index in [-0.39, 0.29) is 5.04 Å². The minimum atomic E-state index is -1.87. The molecule has 0 saturated carbocycles. The molecule has 0 atom stereocenters. The van der Waals surface area contributed by atoms with Crippen molar-refractivity contribution in [1.29, 1.82) is 0 Å². The number of benzene rings is 3. The van der Waals surface area contributed by atoms with Gasteiger partial charge in [-0.05, 0) is 85.2 Å². The molecule has 202 valence electrons. The zero-order valence-corrected chi connectivity index (χ0v) is 27.9. The molecule has 2 aromatic heterocycles. The van der Waals surface area contributed by atoms with E-state index in [4.69, 9.17) is 16.0 Å². The monoisotopic (exact) mass is 683 g/mol. The molecule has 8 heteroatoms. The first-order valence-corrected chi connectivity index (χ1v) is 17.5. The summed E-state index contributed by atoms with van der Waals surface area (Å²) in [5.74, 6) is 0.925. The van der Waals surface area contributed by atoms with Gasteiger partial charge < -0.3 is 9.74 Å². The Kier molecular flexibility index (Phi) is 9.06. The van der Waals surface area contributed by atoms with Gasteiger partial charge in [-0.15, -0.1) is 0 Å². The average molecular weight is 686 g/mol. The zero-order chi connectivity index (χ0) is 28.4. The summed E-state index contributed by atoms with van der Waals surface area (Å²) in [7, 11) is -1.87. The fourth-order valence-corrected chi connectivity index (χ4v) is 5.66. The van der Waals surface area contributed by atoms with Gasteiger partial charge >= 0.3 is 0 Å². The van der Waals surface area contributed by atoms with Gasteiger partial charge in [-0.2, -0.15) is 0 Å². The van der Waals surface area contributed by atoms with Crippen LogP contribution in [0.1, 0.15) is 26.3 Å². The van der Waals surface area contributed by atoms with Crippen LogP contribution >= 0.6 is 43.5 Å². The fraction of sp³-hybridized carbons (Fsp3) is 0.226. The third-order valence-corrected chi connectivity index (χ3v) is 12.7. The maximum Gasteiger partial charge on any atom is 0.250 e. The second-order valence-electron chi connectivity index (χ2n) is 10.9. The number of aromatic nitrogens is 2. The number of halogens is 3. The average Bonchev–Trinajstić information content (AvgIpc) is 2.86. The number of anilines is 2. The summed E-state index contributed by atoms with van der Waals surface area (Å²) in [5.41, 5.74) is 5.16. The molecule has 0 amide bonds. The summed E-state index contributed by atoms with van der Waals surface area (Å²) in [4.78, 5) is 8.64. The van der Waals surface area contributed by atoms with E-state index in [1.807, 2.05) is 42.6 Å². The maximum atomic E-state index is 6.49. The molecule has 5 aromatic rings. The molecule has 0 aliphatic heterocycles. The van der Waals surface area contributed by atoms with Crippen molar-refractivity contribution in [2.45, 2.75) is 45.8 Å². The highest BCUT2D eigenvalue weighted by atomic mass is 79.9. The lowest BCUT2D eigenvalue weighted by Crippen LogP contribution is -2.43. The number of aryl methyl sites for hydroxylation is 1. The highest BCUT2D eigenvalue weighted by Crippen LogP contribution is 2.38. The Bertz CT molecular complexity index is 1640. The molecule has 0 aliphatic rings. The summed E-state index contributed by atoms with van der Waals surface area (Å²) >= 11 is 12.9. The predicted molar refractivity (Wildman–Crippen MR) is 176 cm³/mol. The number of hydrogen-bond acceptors (Lipinski definition) is 4. The number of pyridine rings is 2. The van der Waals surface area contributed by atoms with E-state index in [2.05, 4.69) is 112 Å². The Labute approximate surface area is 253 Å². The van der Waals surface area contributed by atoms with Crippen LogP contribution in [0.4, 0.5) is 11.4 Å². The molecule has 4 nitrogen and oxygen atoms in total. The molecule has 1 N–H and O–H groups in total. The SMILES string of the molecule is Cc1ccc(O[Si](C)(C)C(C)(C)C)cc1Nc1ccnc2ccc(Br)cc12.Clc1ccnc2ccc(Br)cc12. The second-order valence-corrected chi connectivity index (χ2v) is 17.9. The fourth-order valence-electron chi connectivity index (χ4n) is 3.70. The summed E-state index contributed by atoms with van der Waals surface area (Å²) in [5, 5.41) is 6.55. The lowest BCUT2D eigenvalue weighted by atomic mass is 10.1. The highest BCUT2D eigenvalue weighted by molar-refractivity contribution is 9.10. The van der Waals surface area contributed by atoms with E-state index in [0.29, 0.717) is 0 Å². The molecule has 0 unspecified atom stereocenters. The minimum absolute atomic E-state index is 0.166. The molecule has 0 fully saturated rings. The topological polar surface area (TPSA) is 47.0 Å². The summed E-state index contributed by atoms with van der Waals surface area (Å²) < 4.78 is 8.54. The number of rotatable bonds is 4. The largest absolute Gasteiger partial charge is 0.543 e. The molecule has 39 heavy (non-hydrogen) atoms. The smallest absolute Gasteiger partial charge is 0.250 e. The van der Waals surface area contributed by atoms with Gasteiger partial charge in [0.25, 0.3) is 0 Å². The van der Waals surface area contributed by atoms with E-state index in [0.717, 1.165) is 52.9 Å². The highest BCUT2D eigenvalue weighted by Gasteiger charge is 2.39. The van der Waals surface area contributed by atoms with Gasteiger partial charge in [0, 0.05) is 49.6 Å². The van der Waals surface area contributed by atoms with Gasteiger partial charge in [-0.25, -0.2) is 0 Å². The van der Waals surface area contributed by atoms with Crippen LogP contribution in [0.25, 0.3) is 21.8 Å². The van der Waals surface area contributed by atoms with E-state index in [9.17, 15) is 0 Å². The minimum Gasteiger partial charge on any atom is -0.543 e. The van der Waals surface area contributed by atoms with Crippen LogP contribution in [-0.2, 0) is 0 Å². The Hall–Kier alpha value is -2.45. The standard InChI is InChI=1S/C22H27BrN2OSi.C9H5BrClN/c1-15-7-9-17(26-27(5,6)22(2,3)4)14-21(15)25-20-11-12-24-19-10-8-16(23)13-18(19)20;10-6-1-2-9-7(5-6)8(11)3-4-12-9/h7-14H,1-6H3,(H,24,25);1-5H. The van der Waals surface area contributed by atoms with Gasteiger partial charge in [0.15, 0.2) is 0 Å². The normalized spacial score (nSPS) is 11.7. The van der Waals surface area contributed by atoms with Crippen LogP contribution in [0.5, 0.6) is 5.75 Å². The van der Waals surface area contributed by atoms with Crippen LogP contribution < -0.4 is 9.74 Å².